The van der Waals surface area contributed by atoms with Crippen molar-refractivity contribution < 1.29 is 4.52 Å². The first-order valence-corrected chi connectivity index (χ1v) is 7.07. The lowest BCUT2D eigenvalue weighted by Crippen LogP contribution is -1.99. The molecule has 3 rings (SSSR count). The van der Waals surface area contributed by atoms with Gasteiger partial charge in [0.25, 0.3) is 5.89 Å². The van der Waals surface area contributed by atoms with Gasteiger partial charge in [0.15, 0.2) is 5.82 Å². The van der Waals surface area contributed by atoms with Gasteiger partial charge >= 0.3 is 0 Å². The first-order valence-electron chi connectivity index (χ1n) is 7.07. The van der Waals surface area contributed by atoms with Crippen LogP contribution < -0.4 is 0 Å². The maximum Gasteiger partial charge on any atom is 0.258 e. The average molecular weight is 268 g/mol. The highest BCUT2D eigenvalue weighted by molar-refractivity contribution is 5.54. The Balaban J connectivity index is 1.84. The molecule has 2 aromatic rings. The average Bonchev–Trinajstić information content (AvgIpc) is 2.83. The van der Waals surface area contributed by atoms with Crippen LogP contribution in [0.2, 0.25) is 0 Å². The van der Waals surface area contributed by atoms with Gasteiger partial charge in [-0.15, -0.1) is 0 Å². The van der Waals surface area contributed by atoms with Gasteiger partial charge in [-0.05, 0) is 25.0 Å². The van der Waals surface area contributed by atoms with Gasteiger partial charge in [0.05, 0.1) is 0 Å². The normalized spacial score (nSPS) is 16.6. The lowest BCUT2D eigenvalue weighted by molar-refractivity contribution is 0.410. The van der Waals surface area contributed by atoms with Crippen molar-refractivity contribution in [3.05, 3.63) is 29.8 Å². The lowest BCUT2D eigenvalue weighted by Gasteiger charge is -2.07. The fourth-order valence-corrected chi connectivity index (χ4v) is 2.68. The minimum atomic E-state index is 0.358. The van der Waals surface area contributed by atoms with Gasteiger partial charge in [0, 0.05) is 17.7 Å². The molecule has 0 spiro atoms. The molecule has 0 aliphatic heterocycles. The molecule has 0 atom stereocenters. The molecule has 2 aromatic heterocycles. The van der Waals surface area contributed by atoms with Gasteiger partial charge < -0.3 is 4.52 Å². The van der Waals surface area contributed by atoms with Gasteiger partial charge in [-0.1, -0.05) is 30.8 Å². The van der Waals surface area contributed by atoms with Crippen LogP contribution in [0.4, 0.5) is 0 Å². The van der Waals surface area contributed by atoms with Gasteiger partial charge in [-0.3, -0.25) is 0 Å². The molecule has 2 heterocycles. The molecule has 0 N–H and O–H groups in total. The van der Waals surface area contributed by atoms with Crippen molar-refractivity contribution in [2.45, 2.75) is 44.4 Å². The zero-order valence-electron chi connectivity index (χ0n) is 11.2. The molecular weight excluding hydrogens is 252 g/mol. The van der Waals surface area contributed by atoms with E-state index in [4.69, 9.17) is 9.78 Å². The van der Waals surface area contributed by atoms with Crippen molar-refractivity contribution in [3.63, 3.8) is 0 Å². The molecule has 0 saturated heterocycles. The number of nitriles is 1. The molecule has 1 aliphatic carbocycles. The van der Waals surface area contributed by atoms with Gasteiger partial charge in [0.2, 0.25) is 0 Å². The number of hydrogen-bond donors (Lipinski definition) is 0. The Hall–Kier alpha value is -2.22. The highest BCUT2D eigenvalue weighted by Gasteiger charge is 2.20. The van der Waals surface area contributed by atoms with E-state index < -0.39 is 0 Å². The topological polar surface area (TPSA) is 75.6 Å². The summed E-state index contributed by atoms with van der Waals surface area (Å²) in [5, 5.41) is 13.0. The molecule has 20 heavy (non-hydrogen) atoms. The van der Waals surface area contributed by atoms with Crippen LogP contribution in [-0.2, 0) is 0 Å². The van der Waals surface area contributed by atoms with Crippen molar-refractivity contribution in [2.24, 2.45) is 0 Å². The van der Waals surface area contributed by atoms with Crippen LogP contribution in [0.3, 0.4) is 0 Å². The van der Waals surface area contributed by atoms with E-state index in [2.05, 4.69) is 15.1 Å². The fraction of sp³-hybridized carbons (Fsp3) is 0.467. The summed E-state index contributed by atoms with van der Waals surface area (Å²) in [6.45, 7) is 0. The van der Waals surface area contributed by atoms with Crippen molar-refractivity contribution in [1.82, 2.24) is 15.1 Å². The molecule has 1 aliphatic rings. The maximum atomic E-state index is 8.87. The van der Waals surface area contributed by atoms with Crippen LogP contribution in [0.25, 0.3) is 11.5 Å². The van der Waals surface area contributed by atoms with Crippen molar-refractivity contribution >= 4 is 0 Å². The Labute approximate surface area is 117 Å². The Morgan fingerprint density at radius 3 is 2.75 bits per heavy atom. The zero-order chi connectivity index (χ0) is 13.8. The van der Waals surface area contributed by atoms with Gasteiger partial charge in [0.1, 0.15) is 11.8 Å². The fourth-order valence-electron chi connectivity index (χ4n) is 2.68. The van der Waals surface area contributed by atoms with E-state index in [1.807, 2.05) is 6.07 Å². The SMILES string of the molecule is N#Cc1cc(-c2nc(C3CCCCCC3)no2)ccn1. The Kier molecular flexibility index (Phi) is 3.73. The Morgan fingerprint density at radius 1 is 1.20 bits per heavy atom. The van der Waals surface area contributed by atoms with Gasteiger partial charge in [-0.2, -0.15) is 10.2 Å². The van der Waals surface area contributed by atoms with E-state index in [0.29, 0.717) is 17.5 Å². The van der Waals surface area contributed by atoms with Crippen LogP contribution in [0.5, 0.6) is 0 Å². The molecule has 1 fully saturated rings. The minimum absolute atomic E-state index is 0.358. The first-order chi connectivity index (χ1) is 9.86. The van der Waals surface area contributed by atoms with E-state index >= 15 is 0 Å². The zero-order valence-corrected chi connectivity index (χ0v) is 11.2. The van der Waals surface area contributed by atoms with E-state index in [1.165, 1.54) is 25.7 Å². The molecular formula is C15H16N4O. The lowest BCUT2D eigenvalue weighted by atomic mass is 10.00. The predicted molar refractivity (Wildman–Crippen MR) is 72.7 cm³/mol. The standard InChI is InChI=1S/C15H16N4O/c16-10-13-9-12(7-8-17-13)15-18-14(19-20-15)11-5-3-1-2-4-6-11/h7-9,11H,1-6H2. The summed E-state index contributed by atoms with van der Waals surface area (Å²) in [5.74, 6) is 1.69. The largest absolute Gasteiger partial charge is 0.334 e. The smallest absolute Gasteiger partial charge is 0.258 e. The molecule has 0 radical (unpaired) electrons. The number of rotatable bonds is 2. The van der Waals surface area contributed by atoms with E-state index in [1.54, 1.807) is 18.3 Å². The van der Waals surface area contributed by atoms with Crippen molar-refractivity contribution in [2.75, 3.05) is 0 Å². The number of nitrogens with zero attached hydrogens (tertiary/aromatic N) is 4. The molecule has 1 saturated carbocycles. The third-order valence-corrected chi connectivity index (χ3v) is 3.78. The third-order valence-electron chi connectivity index (χ3n) is 3.78. The van der Waals surface area contributed by atoms with Crippen molar-refractivity contribution in [1.29, 1.82) is 5.26 Å². The predicted octanol–water partition coefficient (Wildman–Crippen LogP) is 3.44. The number of hydrogen-bond acceptors (Lipinski definition) is 5. The molecule has 0 amide bonds. The first kappa shape index (κ1) is 12.8. The third kappa shape index (κ3) is 2.69. The number of pyridine rings is 1. The van der Waals surface area contributed by atoms with Crippen LogP contribution in [0.15, 0.2) is 22.9 Å². The quantitative estimate of drug-likeness (QED) is 0.780. The van der Waals surface area contributed by atoms with E-state index in [9.17, 15) is 0 Å². The molecule has 5 nitrogen and oxygen atoms in total. The summed E-state index contributed by atoms with van der Waals surface area (Å²) in [5.41, 5.74) is 1.11. The summed E-state index contributed by atoms with van der Waals surface area (Å²) in [6, 6.07) is 5.47. The summed E-state index contributed by atoms with van der Waals surface area (Å²) < 4.78 is 5.35. The van der Waals surface area contributed by atoms with Crippen LogP contribution >= 0.6 is 0 Å². The summed E-state index contributed by atoms with van der Waals surface area (Å²) in [4.78, 5) is 8.45. The summed E-state index contributed by atoms with van der Waals surface area (Å²) >= 11 is 0. The summed E-state index contributed by atoms with van der Waals surface area (Å²) in [7, 11) is 0. The van der Waals surface area contributed by atoms with E-state index in [0.717, 1.165) is 24.2 Å². The molecule has 5 heteroatoms. The highest BCUT2D eigenvalue weighted by Crippen LogP contribution is 2.31. The van der Waals surface area contributed by atoms with Gasteiger partial charge in [-0.25, -0.2) is 4.98 Å². The minimum Gasteiger partial charge on any atom is -0.334 e. The highest BCUT2D eigenvalue weighted by atomic mass is 16.5. The second-order valence-electron chi connectivity index (χ2n) is 5.19. The second-order valence-corrected chi connectivity index (χ2v) is 5.19. The van der Waals surface area contributed by atoms with E-state index in [-0.39, 0.29) is 0 Å². The Bertz CT molecular complexity index is 621. The second kappa shape index (κ2) is 5.83. The maximum absolute atomic E-state index is 8.87. The number of aromatic nitrogens is 3. The van der Waals surface area contributed by atoms with Crippen LogP contribution in [-0.4, -0.2) is 15.1 Å². The Morgan fingerprint density at radius 2 is 2.00 bits per heavy atom. The van der Waals surface area contributed by atoms with Crippen LogP contribution in [0.1, 0.15) is 56.0 Å². The monoisotopic (exact) mass is 268 g/mol. The molecule has 0 aromatic carbocycles. The van der Waals surface area contributed by atoms with Crippen LogP contribution in [0, 0.1) is 11.3 Å². The molecule has 0 bridgehead atoms. The molecule has 0 unspecified atom stereocenters. The summed E-state index contributed by atoms with van der Waals surface area (Å²) in [6.07, 6.45) is 8.94. The molecule has 102 valence electrons. The van der Waals surface area contributed by atoms with Crippen molar-refractivity contribution in [3.8, 4) is 17.5 Å².